The summed E-state index contributed by atoms with van der Waals surface area (Å²) in [5.41, 5.74) is 1.23. The van der Waals surface area contributed by atoms with Crippen molar-refractivity contribution in [1.29, 1.82) is 0 Å². The Morgan fingerprint density at radius 3 is 2.59 bits per heavy atom. The maximum Gasteiger partial charge on any atom is 0.293 e. The molecule has 1 aromatic carbocycles. The number of ether oxygens (including phenoxy) is 1. The summed E-state index contributed by atoms with van der Waals surface area (Å²) in [6, 6.07) is 9.81. The highest BCUT2D eigenvalue weighted by Gasteiger charge is 2.18. The van der Waals surface area contributed by atoms with E-state index in [0.717, 1.165) is 0 Å². The van der Waals surface area contributed by atoms with Crippen LogP contribution in [0.3, 0.4) is 0 Å². The molecule has 4 aromatic rings. The number of phenolic OH excluding ortho intramolecular Hbond substituents is 1. The number of phenols is 1. The molecule has 0 aliphatic heterocycles. The Kier molecular flexibility index (Phi) is 3.84. The van der Waals surface area contributed by atoms with Crippen LogP contribution < -0.4 is 15.9 Å². The Bertz CT molecular complexity index is 1280. The lowest BCUT2D eigenvalue weighted by molar-refractivity contribution is 0.450. The highest BCUT2D eigenvalue weighted by molar-refractivity contribution is 5.95. The van der Waals surface area contributed by atoms with Crippen LogP contribution in [-0.4, -0.2) is 19.2 Å². The van der Waals surface area contributed by atoms with E-state index in [2.05, 4.69) is 4.98 Å². The van der Waals surface area contributed by atoms with Crippen molar-refractivity contribution in [3.63, 3.8) is 0 Å². The third kappa shape index (κ3) is 2.79. The number of nitrogens with one attached hydrogen (secondary N) is 1. The van der Waals surface area contributed by atoms with Crippen LogP contribution in [-0.2, 0) is 14.1 Å². The number of nitrogens with zero attached hydrogens (tertiary/aromatic N) is 2. The summed E-state index contributed by atoms with van der Waals surface area (Å²) < 4.78 is 8.74. The van der Waals surface area contributed by atoms with E-state index in [0.29, 0.717) is 27.8 Å². The summed E-state index contributed by atoms with van der Waals surface area (Å²) in [5.74, 6) is 0.498. The Labute approximate surface area is 153 Å². The van der Waals surface area contributed by atoms with Gasteiger partial charge >= 0.3 is 0 Å². The smallest absolute Gasteiger partial charge is 0.293 e. The number of H-pyrrole nitrogens is 1. The molecular weight excluding hydrogens is 346 g/mol. The van der Waals surface area contributed by atoms with E-state index in [1.54, 1.807) is 57.0 Å². The van der Waals surface area contributed by atoms with Crippen LogP contribution in [0.5, 0.6) is 17.2 Å². The summed E-state index contributed by atoms with van der Waals surface area (Å²) in [7, 11) is 3.29. The highest BCUT2D eigenvalue weighted by atomic mass is 16.5. The molecule has 0 atom stereocenters. The number of hydrogen-bond acceptors (Lipinski definition) is 4. The molecule has 0 spiro atoms. The molecule has 3 heterocycles. The molecule has 136 valence electrons. The largest absolute Gasteiger partial charge is 0.508 e. The molecule has 0 bridgehead atoms. The van der Waals surface area contributed by atoms with Gasteiger partial charge in [-0.2, -0.15) is 0 Å². The van der Waals surface area contributed by atoms with Gasteiger partial charge in [-0.15, -0.1) is 0 Å². The van der Waals surface area contributed by atoms with Crippen LogP contribution in [0.4, 0.5) is 0 Å². The van der Waals surface area contributed by atoms with Gasteiger partial charge in [0.2, 0.25) is 0 Å². The summed E-state index contributed by atoms with van der Waals surface area (Å²) in [6.07, 6.45) is 5.02. The predicted octanol–water partition coefficient (Wildman–Crippen LogP) is 2.73. The molecule has 7 nitrogen and oxygen atoms in total. The van der Waals surface area contributed by atoms with Crippen LogP contribution in [0.1, 0.15) is 0 Å². The second-order valence-electron chi connectivity index (χ2n) is 6.30. The van der Waals surface area contributed by atoms with Crippen molar-refractivity contribution in [3.8, 4) is 28.4 Å². The normalized spacial score (nSPS) is 11.0. The predicted molar refractivity (Wildman–Crippen MR) is 102 cm³/mol. The lowest BCUT2D eigenvalue weighted by atomic mass is 10.0. The Morgan fingerprint density at radius 1 is 1.00 bits per heavy atom. The first-order valence-corrected chi connectivity index (χ1v) is 8.29. The monoisotopic (exact) mass is 363 g/mol. The second-order valence-corrected chi connectivity index (χ2v) is 6.30. The molecule has 2 N–H and O–H groups in total. The molecule has 0 saturated carbocycles. The minimum absolute atomic E-state index is 0.0388. The van der Waals surface area contributed by atoms with Gasteiger partial charge in [0.05, 0.1) is 0 Å². The average molecular weight is 363 g/mol. The third-order valence-electron chi connectivity index (χ3n) is 4.45. The first-order valence-electron chi connectivity index (χ1n) is 8.29. The van der Waals surface area contributed by atoms with Crippen LogP contribution in [0.15, 0.2) is 64.6 Å². The molecule has 4 rings (SSSR count). The molecule has 0 unspecified atom stereocenters. The number of aryl methyl sites for hydroxylation is 2. The van der Waals surface area contributed by atoms with Gasteiger partial charge in [0.15, 0.2) is 5.75 Å². The number of aromatic amines is 1. The zero-order chi connectivity index (χ0) is 19.1. The van der Waals surface area contributed by atoms with E-state index in [1.807, 2.05) is 0 Å². The van der Waals surface area contributed by atoms with Gasteiger partial charge in [0.25, 0.3) is 11.1 Å². The van der Waals surface area contributed by atoms with Gasteiger partial charge in [-0.3, -0.25) is 9.59 Å². The number of pyridine rings is 2. The first kappa shape index (κ1) is 16.7. The maximum atomic E-state index is 12.8. The summed E-state index contributed by atoms with van der Waals surface area (Å²) in [6.45, 7) is 0. The Morgan fingerprint density at radius 2 is 1.81 bits per heavy atom. The van der Waals surface area contributed by atoms with Crippen LogP contribution in [0, 0.1) is 0 Å². The molecule has 0 aliphatic rings. The van der Waals surface area contributed by atoms with Crippen LogP contribution >= 0.6 is 0 Å². The molecular formula is C20H17N3O4. The molecule has 0 radical (unpaired) electrons. The van der Waals surface area contributed by atoms with Gasteiger partial charge in [-0.05, 0) is 24.3 Å². The first-order chi connectivity index (χ1) is 13.0. The molecule has 0 saturated heterocycles. The van der Waals surface area contributed by atoms with Crippen molar-refractivity contribution in [1.82, 2.24) is 14.1 Å². The molecule has 3 aromatic heterocycles. The number of aromatic nitrogens is 3. The molecule has 27 heavy (non-hydrogen) atoms. The minimum Gasteiger partial charge on any atom is -0.508 e. The SMILES string of the molecule is Cn1ccc(-c2cn(C)c(=O)c3[nH]ccc23)c(Oc2cccc(O)c2)c1=O. The van der Waals surface area contributed by atoms with Gasteiger partial charge in [0.1, 0.15) is 17.0 Å². The van der Waals surface area contributed by atoms with Gasteiger partial charge in [-0.1, -0.05) is 6.07 Å². The van der Waals surface area contributed by atoms with E-state index >= 15 is 0 Å². The standard InChI is InChI=1S/C20H17N3O4/c1-22-9-7-15(16-11-23(2)19(25)17-14(16)6-8-21-17)18(20(22)26)27-13-5-3-4-12(24)10-13/h3-11,21,24H,1-2H3. The maximum absolute atomic E-state index is 12.8. The zero-order valence-electron chi connectivity index (χ0n) is 14.8. The summed E-state index contributed by atoms with van der Waals surface area (Å²) in [5, 5.41) is 10.4. The fraction of sp³-hybridized carbons (Fsp3) is 0.100. The number of benzene rings is 1. The van der Waals surface area contributed by atoms with Gasteiger partial charge < -0.3 is 24.0 Å². The topological polar surface area (TPSA) is 89.2 Å². The summed E-state index contributed by atoms with van der Waals surface area (Å²) >= 11 is 0. The van der Waals surface area contributed by atoms with Crippen molar-refractivity contribution in [3.05, 3.63) is 75.7 Å². The lowest BCUT2D eigenvalue weighted by Gasteiger charge is -2.14. The third-order valence-corrected chi connectivity index (χ3v) is 4.45. The second kappa shape index (κ2) is 6.21. The zero-order valence-corrected chi connectivity index (χ0v) is 14.8. The van der Waals surface area contributed by atoms with E-state index < -0.39 is 0 Å². The quantitative estimate of drug-likeness (QED) is 0.586. The molecule has 0 amide bonds. The van der Waals surface area contributed by atoms with Gasteiger partial charge in [0, 0.05) is 55.3 Å². The highest BCUT2D eigenvalue weighted by Crippen LogP contribution is 2.34. The van der Waals surface area contributed by atoms with E-state index in [9.17, 15) is 14.7 Å². The van der Waals surface area contributed by atoms with Gasteiger partial charge in [-0.25, -0.2) is 0 Å². The number of hydrogen-bond donors (Lipinski definition) is 2. The molecule has 0 aliphatic carbocycles. The number of fused-ring (bicyclic) bond motifs is 1. The van der Waals surface area contributed by atoms with E-state index in [4.69, 9.17) is 4.74 Å². The van der Waals surface area contributed by atoms with E-state index in [1.165, 1.54) is 21.3 Å². The average Bonchev–Trinajstić information content (AvgIpc) is 3.13. The van der Waals surface area contributed by atoms with E-state index in [-0.39, 0.29) is 22.6 Å². The van der Waals surface area contributed by atoms with Crippen molar-refractivity contribution in [2.45, 2.75) is 0 Å². The number of aromatic hydroxyl groups is 1. The Balaban J connectivity index is 1.99. The lowest BCUT2D eigenvalue weighted by Crippen LogP contribution is -2.19. The molecule has 0 fully saturated rings. The fourth-order valence-corrected chi connectivity index (χ4v) is 3.06. The fourth-order valence-electron chi connectivity index (χ4n) is 3.06. The van der Waals surface area contributed by atoms with Crippen LogP contribution in [0.2, 0.25) is 0 Å². The Hall–Kier alpha value is -3.74. The van der Waals surface area contributed by atoms with Crippen LogP contribution in [0.25, 0.3) is 22.0 Å². The van der Waals surface area contributed by atoms with Crippen molar-refractivity contribution in [2.24, 2.45) is 14.1 Å². The molecule has 7 heteroatoms. The van der Waals surface area contributed by atoms with Crippen molar-refractivity contribution in [2.75, 3.05) is 0 Å². The number of rotatable bonds is 3. The summed E-state index contributed by atoms with van der Waals surface area (Å²) in [4.78, 5) is 28.0. The van der Waals surface area contributed by atoms with Crippen molar-refractivity contribution >= 4 is 10.9 Å². The van der Waals surface area contributed by atoms with Crippen molar-refractivity contribution < 1.29 is 9.84 Å². The minimum atomic E-state index is -0.326.